The number of rotatable bonds is 2. The van der Waals surface area contributed by atoms with E-state index in [1.807, 2.05) is 36.4 Å². The van der Waals surface area contributed by atoms with Crippen molar-refractivity contribution in [1.82, 2.24) is 0 Å². The van der Waals surface area contributed by atoms with Crippen LogP contribution in [0.25, 0.3) is 98.1 Å². The molecule has 0 fully saturated rings. The topological polar surface area (TPSA) is 13.1 Å². The SMILES string of the molecule is [2H]c1c([2H])c([2H])c2c(-c3c([2H])c([2H])c([2H])c4c3c([2H])c([2H])c3c([2H])c([2H])c([2H])c([2H])c34)c3c([2H])c([2H])c([2H])c([2H])c3c(-c3ccc4c(c3)oc3cc5ccccc5cc34)c2c1[2H]. The summed E-state index contributed by atoms with van der Waals surface area (Å²) in [4.78, 5) is 0. The van der Waals surface area contributed by atoms with E-state index in [1.165, 1.54) is 0 Å². The van der Waals surface area contributed by atoms with Crippen LogP contribution in [0.1, 0.15) is 23.3 Å². The molecule has 0 atom stereocenters. The first-order valence-corrected chi connectivity index (χ1v) is 14.1. The number of furan rings is 1. The minimum Gasteiger partial charge on any atom is -0.456 e. The molecule has 10 aromatic rings. The Kier molecular flexibility index (Phi) is 2.76. The maximum absolute atomic E-state index is 9.43. The zero-order valence-corrected chi connectivity index (χ0v) is 23.1. The summed E-state index contributed by atoms with van der Waals surface area (Å²) in [6.45, 7) is 0. The fourth-order valence-electron chi connectivity index (χ4n) is 6.41. The second-order valence-electron chi connectivity index (χ2n) is 10.8. The first-order valence-electron chi connectivity index (χ1n) is 22.6. The number of benzene rings is 9. The normalized spacial score (nSPS) is 17.3. The molecule has 208 valence electrons. The van der Waals surface area contributed by atoms with Gasteiger partial charge in [0, 0.05) is 10.8 Å². The maximum Gasteiger partial charge on any atom is 0.136 e. The van der Waals surface area contributed by atoms with Gasteiger partial charge in [0.05, 0.1) is 23.3 Å². The highest BCUT2D eigenvalue weighted by molar-refractivity contribution is 6.25. The van der Waals surface area contributed by atoms with E-state index in [9.17, 15) is 8.22 Å². The molecule has 0 aliphatic heterocycles. The highest BCUT2D eigenvalue weighted by Crippen LogP contribution is 2.46. The Morgan fingerprint density at radius 2 is 1.00 bits per heavy atom. The molecule has 0 aliphatic rings. The Labute approximate surface area is 283 Å². The third kappa shape index (κ3) is 3.56. The molecule has 0 amide bonds. The minimum absolute atomic E-state index is 0.0313. The van der Waals surface area contributed by atoms with Gasteiger partial charge in [0.15, 0.2) is 0 Å². The summed E-state index contributed by atoms with van der Waals surface area (Å²) < 4.78 is 160. The molecule has 1 nitrogen and oxygen atoms in total. The molecule has 0 N–H and O–H groups in total. The van der Waals surface area contributed by atoms with Crippen molar-refractivity contribution >= 4 is 75.8 Å². The van der Waals surface area contributed by atoms with Crippen molar-refractivity contribution in [2.24, 2.45) is 0 Å². The molecule has 0 spiro atoms. The van der Waals surface area contributed by atoms with Gasteiger partial charge in [-0.1, -0.05) is 133 Å². The van der Waals surface area contributed by atoms with Crippen LogP contribution >= 0.6 is 0 Å². The lowest BCUT2D eigenvalue weighted by atomic mass is 9.84. The Bertz CT molecular complexity index is 3700. The third-order valence-electron chi connectivity index (χ3n) is 8.38. The molecule has 0 radical (unpaired) electrons. The van der Waals surface area contributed by atoms with E-state index < -0.39 is 135 Å². The van der Waals surface area contributed by atoms with Crippen molar-refractivity contribution in [2.75, 3.05) is 0 Å². The molecule has 0 unspecified atom stereocenters. The molecule has 0 aliphatic carbocycles. The van der Waals surface area contributed by atoms with E-state index in [2.05, 4.69) is 0 Å². The van der Waals surface area contributed by atoms with Gasteiger partial charge in [-0.05, 0) is 100 Å². The van der Waals surface area contributed by atoms with Crippen LogP contribution in [-0.2, 0) is 0 Å². The fraction of sp³-hybridized carbons (Fsp3) is 0. The van der Waals surface area contributed by atoms with Crippen molar-refractivity contribution in [3.8, 4) is 22.3 Å². The van der Waals surface area contributed by atoms with Crippen LogP contribution in [0.3, 0.4) is 0 Å². The van der Waals surface area contributed by atoms with Gasteiger partial charge >= 0.3 is 0 Å². The highest BCUT2D eigenvalue weighted by atomic mass is 16.3. The molecule has 10 rings (SSSR count). The lowest BCUT2D eigenvalue weighted by molar-refractivity contribution is 0.669. The summed E-state index contributed by atoms with van der Waals surface area (Å²) in [6, 6.07) is 4.47. The molecule has 1 heterocycles. The van der Waals surface area contributed by atoms with Crippen molar-refractivity contribution in [1.29, 1.82) is 0 Å². The average Bonchev–Trinajstić information content (AvgIpc) is 3.62. The standard InChI is InChI=1S/C44H26O/c1-2-12-29-25-42-40(24-28(29)11-1)34-23-21-30(26-41(34)45-42)43-36-14-5-7-16-38(36)44(39-17-8-6-15-37(39)43)35-19-9-18-32-31-13-4-3-10-27(31)20-22-33(32)35/h1-26H/i3D,4D,5D,6D,7D,8D,9D,10D,13D,14D,15D,16D,17D,18D,19D,20D,22D. The summed E-state index contributed by atoms with van der Waals surface area (Å²) in [5, 5.41) is 0.504. The van der Waals surface area contributed by atoms with E-state index in [0.717, 1.165) is 16.2 Å². The second kappa shape index (κ2) is 9.29. The third-order valence-corrected chi connectivity index (χ3v) is 8.38. The van der Waals surface area contributed by atoms with Gasteiger partial charge in [-0.2, -0.15) is 0 Å². The summed E-state index contributed by atoms with van der Waals surface area (Å²) in [6.07, 6.45) is 0. The lowest BCUT2D eigenvalue weighted by Crippen LogP contribution is -1.91. The van der Waals surface area contributed by atoms with Crippen molar-refractivity contribution in [2.45, 2.75) is 0 Å². The molecule has 45 heavy (non-hydrogen) atoms. The van der Waals surface area contributed by atoms with Crippen LogP contribution in [0.15, 0.2) is 162 Å². The van der Waals surface area contributed by atoms with Crippen molar-refractivity contribution < 1.29 is 27.7 Å². The van der Waals surface area contributed by atoms with Crippen LogP contribution in [0.5, 0.6) is 0 Å². The summed E-state index contributed by atoms with van der Waals surface area (Å²) >= 11 is 0. The molecule has 0 saturated carbocycles. The predicted molar refractivity (Wildman–Crippen MR) is 192 cm³/mol. The van der Waals surface area contributed by atoms with Gasteiger partial charge in [0.1, 0.15) is 11.2 Å². The number of hydrogen-bond acceptors (Lipinski definition) is 1. The quantitative estimate of drug-likeness (QED) is 0.145. The van der Waals surface area contributed by atoms with Crippen molar-refractivity contribution in [3.63, 3.8) is 0 Å². The van der Waals surface area contributed by atoms with Crippen LogP contribution in [0.2, 0.25) is 0 Å². The van der Waals surface area contributed by atoms with Crippen LogP contribution in [-0.4, -0.2) is 0 Å². The molecule has 0 bridgehead atoms. The first-order chi connectivity index (χ1) is 29.4. The molecule has 1 aromatic heterocycles. The van der Waals surface area contributed by atoms with Crippen LogP contribution in [0.4, 0.5) is 0 Å². The molecule has 0 saturated heterocycles. The summed E-state index contributed by atoms with van der Waals surface area (Å²) in [5.41, 5.74) is 0.226. The zero-order chi connectivity index (χ0) is 44.3. The van der Waals surface area contributed by atoms with Gasteiger partial charge in [0.2, 0.25) is 0 Å². The van der Waals surface area contributed by atoms with E-state index in [-0.39, 0.29) is 32.7 Å². The van der Waals surface area contributed by atoms with Gasteiger partial charge in [0.25, 0.3) is 0 Å². The first kappa shape index (κ1) is 13.4. The van der Waals surface area contributed by atoms with Gasteiger partial charge in [-0.25, -0.2) is 0 Å². The Balaban J connectivity index is 1.48. The smallest absolute Gasteiger partial charge is 0.136 e. The van der Waals surface area contributed by atoms with E-state index in [0.29, 0.717) is 16.6 Å². The summed E-state index contributed by atoms with van der Waals surface area (Å²) in [7, 11) is 0. The van der Waals surface area contributed by atoms with E-state index in [1.54, 1.807) is 18.2 Å². The van der Waals surface area contributed by atoms with Crippen LogP contribution < -0.4 is 0 Å². The molecule has 1 heteroatoms. The van der Waals surface area contributed by atoms with E-state index >= 15 is 0 Å². The van der Waals surface area contributed by atoms with Gasteiger partial charge < -0.3 is 4.42 Å². The fourth-order valence-corrected chi connectivity index (χ4v) is 6.41. The lowest BCUT2D eigenvalue weighted by Gasteiger charge is -2.19. The number of hydrogen-bond donors (Lipinski definition) is 0. The van der Waals surface area contributed by atoms with Crippen LogP contribution in [0, 0.1) is 0 Å². The maximum atomic E-state index is 9.43. The largest absolute Gasteiger partial charge is 0.456 e. The van der Waals surface area contributed by atoms with Gasteiger partial charge in [-0.15, -0.1) is 0 Å². The molecule has 9 aromatic carbocycles. The monoisotopic (exact) mass is 587 g/mol. The summed E-state index contributed by atoms with van der Waals surface area (Å²) in [5.74, 6) is 0. The van der Waals surface area contributed by atoms with E-state index in [4.69, 9.17) is 19.5 Å². The molecular weight excluding hydrogens is 544 g/mol. The van der Waals surface area contributed by atoms with Crippen molar-refractivity contribution in [3.05, 3.63) is 157 Å². The zero-order valence-electron chi connectivity index (χ0n) is 40.1. The predicted octanol–water partition coefficient (Wildman–Crippen LogP) is 12.7. The molecular formula is C44H26O. The number of fused-ring (bicyclic) bond motifs is 9. The Hall–Kier alpha value is -5.92. The Morgan fingerprint density at radius 3 is 1.76 bits per heavy atom. The average molecular weight is 588 g/mol. The second-order valence-corrected chi connectivity index (χ2v) is 10.8. The minimum atomic E-state index is -0.812. The highest BCUT2D eigenvalue weighted by Gasteiger charge is 2.19. The Morgan fingerprint density at radius 1 is 0.378 bits per heavy atom. The van der Waals surface area contributed by atoms with Gasteiger partial charge in [-0.3, -0.25) is 0 Å².